The summed E-state index contributed by atoms with van der Waals surface area (Å²) in [6.07, 6.45) is 0.895. The number of ether oxygens (including phenoxy) is 1. The molecule has 0 atom stereocenters. The summed E-state index contributed by atoms with van der Waals surface area (Å²) >= 11 is 0. The first-order chi connectivity index (χ1) is 10.6. The number of carbonyl (C=O) groups excluding carboxylic acids is 3. The van der Waals surface area contributed by atoms with Crippen LogP contribution in [0.15, 0.2) is 24.3 Å². The lowest BCUT2D eigenvalue weighted by atomic mass is 10.0. The van der Waals surface area contributed by atoms with Gasteiger partial charge < -0.3 is 9.64 Å². The molecule has 6 heteroatoms. The first-order valence-electron chi connectivity index (χ1n) is 7.34. The number of imide groups is 1. The van der Waals surface area contributed by atoms with Gasteiger partial charge in [0.1, 0.15) is 5.75 Å². The molecule has 2 fully saturated rings. The molecule has 116 valence electrons. The monoisotopic (exact) mass is 302 g/mol. The van der Waals surface area contributed by atoms with E-state index in [4.69, 9.17) is 4.74 Å². The van der Waals surface area contributed by atoms with Crippen LogP contribution in [0.3, 0.4) is 0 Å². The van der Waals surface area contributed by atoms with Crippen molar-refractivity contribution in [3.8, 4) is 5.75 Å². The van der Waals surface area contributed by atoms with Gasteiger partial charge in [-0.25, -0.2) is 0 Å². The number of likely N-dealkylation sites (tertiary alicyclic amines) is 2. The Morgan fingerprint density at radius 1 is 1.23 bits per heavy atom. The highest BCUT2D eigenvalue weighted by atomic mass is 16.5. The molecule has 1 aromatic carbocycles. The van der Waals surface area contributed by atoms with Crippen LogP contribution in [0, 0.1) is 0 Å². The number of carbonyl (C=O) groups is 3. The maximum absolute atomic E-state index is 12.2. The molecule has 0 bridgehead atoms. The molecule has 6 nitrogen and oxygen atoms in total. The average Bonchev–Trinajstić information content (AvgIpc) is 2.78. The van der Waals surface area contributed by atoms with E-state index in [0.717, 1.165) is 11.3 Å². The van der Waals surface area contributed by atoms with Crippen LogP contribution in [0.4, 0.5) is 0 Å². The minimum absolute atomic E-state index is 0.00333. The molecule has 0 N–H and O–H groups in total. The standard InChI is InChI=1S/C16H18N2O4/c1-22-13-4-2-3-11(7-13)8-16(21)17-9-12(10-17)18-14(19)5-6-15(18)20/h2-4,7,12H,5-6,8-10H2,1H3. The van der Waals surface area contributed by atoms with E-state index in [0.29, 0.717) is 32.4 Å². The van der Waals surface area contributed by atoms with E-state index in [2.05, 4.69) is 0 Å². The average molecular weight is 302 g/mol. The predicted octanol–water partition coefficient (Wildman–Crippen LogP) is 0.597. The van der Waals surface area contributed by atoms with Gasteiger partial charge in [0.05, 0.1) is 19.6 Å². The molecule has 0 radical (unpaired) electrons. The molecule has 22 heavy (non-hydrogen) atoms. The third kappa shape index (κ3) is 2.68. The summed E-state index contributed by atoms with van der Waals surface area (Å²) in [4.78, 5) is 38.5. The van der Waals surface area contributed by atoms with E-state index < -0.39 is 0 Å². The zero-order valence-corrected chi connectivity index (χ0v) is 12.4. The summed E-state index contributed by atoms with van der Waals surface area (Å²) in [7, 11) is 1.59. The summed E-state index contributed by atoms with van der Waals surface area (Å²) in [6, 6.07) is 7.25. The van der Waals surface area contributed by atoms with Gasteiger partial charge in [0.25, 0.3) is 0 Å². The number of hydrogen-bond acceptors (Lipinski definition) is 4. The number of methoxy groups -OCH3 is 1. The highest BCUT2D eigenvalue weighted by molar-refractivity contribution is 6.02. The van der Waals surface area contributed by atoms with Crippen molar-refractivity contribution in [3.63, 3.8) is 0 Å². The Labute approximate surface area is 128 Å². The van der Waals surface area contributed by atoms with E-state index in [9.17, 15) is 14.4 Å². The van der Waals surface area contributed by atoms with Gasteiger partial charge >= 0.3 is 0 Å². The van der Waals surface area contributed by atoms with Gasteiger partial charge in [-0.3, -0.25) is 19.3 Å². The first kappa shape index (κ1) is 14.6. The summed E-state index contributed by atoms with van der Waals surface area (Å²) < 4.78 is 5.14. The van der Waals surface area contributed by atoms with E-state index in [1.165, 1.54) is 4.90 Å². The minimum atomic E-state index is -0.142. The quantitative estimate of drug-likeness (QED) is 0.764. The minimum Gasteiger partial charge on any atom is -0.497 e. The van der Waals surface area contributed by atoms with Gasteiger partial charge in [-0.1, -0.05) is 12.1 Å². The van der Waals surface area contributed by atoms with E-state index in [1.807, 2.05) is 24.3 Å². The molecule has 2 aliphatic heterocycles. The lowest BCUT2D eigenvalue weighted by Crippen LogP contribution is -2.62. The maximum atomic E-state index is 12.2. The third-order valence-electron chi connectivity index (χ3n) is 4.16. The molecule has 1 aromatic rings. The molecular weight excluding hydrogens is 284 g/mol. The normalized spacial score (nSPS) is 18.6. The molecule has 2 aliphatic rings. The van der Waals surface area contributed by atoms with E-state index >= 15 is 0 Å². The highest BCUT2D eigenvalue weighted by Crippen LogP contribution is 2.23. The third-order valence-corrected chi connectivity index (χ3v) is 4.16. The lowest BCUT2D eigenvalue weighted by molar-refractivity contribution is -0.151. The van der Waals surface area contributed by atoms with E-state index in [1.54, 1.807) is 12.0 Å². The highest BCUT2D eigenvalue weighted by Gasteiger charge is 2.42. The molecule has 0 unspecified atom stereocenters. The second-order valence-electron chi connectivity index (χ2n) is 5.64. The van der Waals surface area contributed by atoms with Gasteiger partial charge in [-0.15, -0.1) is 0 Å². The van der Waals surface area contributed by atoms with Crippen molar-refractivity contribution < 1.29 is 19.1 Å². The fourth-order valence-electron chi connectivity index (χ4n) is 2.89. The molecular formula is C16H18N2O4. The summed E-state index contributed by atoms with van der Waals surface area (Å²) in [5, 5.41) is 0. The maximum Gasteiger partial charge on any atom is 0.230 e. The van der Waals surface area contributed by atoms with Crippen LogP contribution in [0.1, 0.15) is 18.4 Å². The van der Waals surface area contributed by atoms with Crippen molar-refractivity contribution >= 4 is 17.7 Å². The van der Waals surface area contributed by atoms with Crippen molar-refractivity contribution in [2.24, 2.45) is 0 Å². The van der Waals surface area contributed by atoms with Crippen LogP contribution < -0.4 is 4.74 Å². The second kappa shape index (κ2) is 5.79. The zero-order valence-electron chi connectivity index (χ0n) is 12.4. The van der Waals surface area contributed by atoms with Crippen molar-refractivity contribution in [2.45, 2.75) is 25.3 Å². The van der Waals surface area contributed by atoms with Gasteiger partial charge in [-0.05, 0) is 17.7 Å². The zero-order chi connectivity index (χ0) is 15.7. The van der Waals surface area contributed by atoms with Gasteiger partial charge in [0.15, 0.2) is 0 Å². The number of hydrogen-bond donors (Lipinski definition) is 0. The van der Waals surface area contributed by atoms with Gasteiger partial charge in [-0.2, -0.15) is 0 Å². The van der Waals surface area contributed by atoms with Gasteiger partial charge in [0.2, 0.25) is 17.7 Å². The molecule has 0 saturated carbocycles. The number of benzene rings is 1. The van der Waals surface area contributed by atoms with Crippen LogP contribution >= 0.6 is 0 Å². The number of amides is 3. The summed E-state index contributed by atoms with van der Waals surface area (Å²) in [5.41, 5.74) is 0.890. The van der Waals surface area contributed by atoms with E-state index in [-0.39, 0.29) is 23.8 Å². The van der Waals surface area contributed by atoms with Crippen LogP contribution in [0.2, 0.25) is 0 Å². The molecule has 0 aromatic heterocycles. The molecule has 2 saturated heterocycles. The second-order valence-corrected chi connectivity index (χ2v) is 5.64. The lowest BCUT2D eigenvalue weighted by Gasteiger charge is -2.43. The molecule has 0 spiro atoms. The Morgan fingerprint density at radius 3 is 2.55 bits per heavy atom. The van der Waals surface area contributed by atoms with Crippen molar-refractivity contribution in [1.29, 1.82) is 0 Å². The summed E-state index contributed by atoms with van der Waals surface area (Å²) in [6.45, 7) is 0.889. The SMILES string of the molecule is COc1cccc(CC(=O)N2CC(N3C(=O)CCC3=O)C2)c1. The Kier molecular flexibility index (Phi) is 3.83. The van der Waals surface area contributed by atoms with Crippen molar-refractivity contribution in [1.82, 2.24) is 9.80 Å². The van der Waals surface area contributed by atoms with Crippen LogP contribution in [0.5, 0.6) is 5.75 Å². The van der Waals surface area contributed by atoms with Gasteiger partial charge in [0, 0.05) is 25.9 Å². The number of rotatable bonds is 4. The Bertz CT molecular complexity index is 606. The molecule has 3 rings (SSSR count). The molecule has 3 amide bonds. The summed E-state index contributed by atoms with van der Waals surface area (Å²) in [5.74, 6) is 0.494. The smallest absolute Gasteiger partial charge is 0.230 e. The molecule has 2 heterocycles. The molecule has 0 aliphatic carbocycles. The fraction of sp³-hybridized carbons (Fsp3) is 0.438. The first-order valence-corrected chi connectivity index (χ1v) is 7.34. The Hall–Kier alpha value is -2.37. The number of nitrogens with zero attached hydrogens (tertiary/aromatic N) is 2. The predicted molar refractivity (Wildman–Crippen MR) is 78.2 cm³/mol. The largest absolute Gasteiger partial charge is 0.497 e. The van der Waals surface area contributed by atoms with Crippen molar-refractivity contribution in [3.05, 3.63) is 29.8 Å². The van der Waals surface area contributed by atoms with Crippen LogP contribution in [0.25, 0.3) is 0 Å². The fourth-order valence-corrected chi connectivity index (χ4v) is 2.89. The Morgan fingerprint density at radius 2 is 1.91 bits per heavy atom. The van der Waals surface area contributed by atoms with Crippen LogP contribution in [-0.2, 0) is 20.8 Å². The Balaban J connectivity index is 1.55. The topological polar surface area (TPSA) is 66.9 Å². The van der Waals surface area contributed by atoms with Crippen molar-refractivity contribution in [2.75, 3.05) is 20.2 Å². The van der Waals surface area contributed by atoms with Crippen LogP contribution in [-0.4, -0.2) is 53.8 Å².